The molecule has 3 N–H and O–H groups in total. The number of hydrogen-bond acceptors (Lipinski definition) is 6. The first kappa shape index (κ1) is 26.9. The molecule has 0 radical (unpaired) electrons. The second-order valence-corrected chi connectivity index (χ2v) is 9.38. The van der Waals surface area contributed by atoms with Crippen LogP contribution in [0.25, 0.3) is 0 Å². The molecule has 1 amide bonds. The van der Waals surface area contributed by atoms with E-state index in [2.05, 4.69) is 18.8 Å². The van der Waals surface area contributed by atoms with Crippen LogP contribution in [0.2, 0.25) is 0 Å². The minimum atomic E-state index is -0.549. The largest absolute Gasteiger partial charge is 0.498 e. The number of hydrogen-bond donors (Lipinski definition) is 2. The first-order valence-electron chi connectivity index (χ1n) is 11.6. The number of carbonyl (C=O) groups is 1. The first-order valence-corrected chi connectivity index (χ1v) is 12.6. The van der Waals surface area contributed by atoms with E-state index in [4.69, 9.17) is 19.9 Å². The molecule has 1 atom stereocenters. The van der Waals surface area contributed by atoms with Gasteiger partial charge in [-0.3, -0.25) is 4.79 Å². The van der Waals surface area contributed by atoms with Gasteiger partial charge in [0.2, 0.25) is 5.91 Å². The van der Waals surface area contributed by atoms with Crippen molar-refractivity contribution in [1.82, 2.24) is 0 Å². The molecular formula is C26H38N2O4S. The van der Waals surface area contributed by atoms with Crippen molar-refractivity contribution in [3.63, 3.8) is 0 Å². The fourth-order valence-corrected chi connectivity index (χ4v) is 4.14. The molecule has 0 spiro atoms. The molecule has 1 aromatic carbocycles. The highest BCUT2D eigenvalue weighted by Gasteiger charge is 2.17. The van der Waals surface area contributed by atoms with Crippen LogP contribution in [0.5, 0.6) is 5.75 Å². The lowest BCUT2D eigenvalue weighted by Gasteiger charge is -2.17. The van der Waals surface area contributed by atoms with E-state index in [0.717, 1.165) is 47.7 Å². The summed E-state index contributed by atoms with van der Waals surface area (Å²) in [5.41, 5.74) is 7.80. The molecular weight excluding hydrogens is 436 g/mol. The van der Waals surface area contributed by atoms with Crippen molar-refractivity contribution in [2.75, 3.05) is 25.0 Å². The summed E-state index contributed by atoms with van der Waals surface area (Å²) in [5.74, 6) is 3.12. The molecule has 0 aromatic heterocycles. The number of methoxy groups -OCH3 is 1. The van der Waals surface area contributed by atoms with Gasteiger partial charge in [-0.2, -0.15) is 0 Å². The van der Waals surface area contributed by atoms with Crippen LogP contribution in [0.4, 0.5) is 5.69 Å². The maximum atomic E-state index is 12.5. The van der Waals surface area contributed by atoms with Gasteiger partial charge < -0.3 is 25.3 Å². The van der Waals surface area contributed by atoms with E-state index in [1.54, 1.807) is 18.9 Å². The number of aryl methyl sites for hydroxylation is 1. The number of anilines is 1. The van der Waals surface area contributed by atoms with E-state index in [1.807, 2.05) is 44.2 Å². The second-order valence-electron chi connectivity index (χ2n) is 8.41. The van der Waals surface area contributed by atoms with E-state index < -0.39 is 6.04 Å². The quantitative estimate of drug-likeness (QED) is 0.334. The lowest BCUT2D eigenvalue weighted by atomic mass is 10.0. The predicted octanol–water partition coefficient (Wildman–Crippen LogP) is 5.76. The molecule has 0 aliphatic carbocycles. The molecule has 0 saturated carbocycles. The highest BCUT2D eigenvalue weighted by molar-refractivity contribution is 8.03. The Morgan fingerprint density at radius 3 is 2.85 bits per heavy atom. The number of nitrogens with two attached hydrogens (primary N) is 1. The minimum absolute atomic E-state index is 0.196. The number of nitrogens with one attached hydrogen (secondary N) is 1. The molecule has 182 valence electrons. The van der Waals surface area contributed by atoms with E-state index >= 15 is 0 Å². The Balaban J connectivity index is 2.04. The van der Waals surface area contributed by atoms with Gasteiger partial charge in [0.15, 0.2) is 0 Å². The van der Waals surface area contributed by atoms with Gasteiger partial charge in [-0.15, -0.1) is 0 Å². The van der Waals surface area contributed by atoms with Gasteiger partial charge in [-0.05, 0) is 49.3 Å². The van der Waals surface area contributed by atoms with Gasteiger partial charge in [0.1, 0.15) is 17.4 Å². The van der Waals surface area contributed by atoms with Crippen molar-refractivity contribution in [3.05, 3.63) is 58.9 Å². The van der Waals surface area contributed by atoms with Crippen molar-refractivity contribution < 1.29 is 19.0 Å². The van der Waals surface area contributed by atoms with Gasteiger partial charge in [0, 0.05) is 12.5 Å². The molecule has 0 saturated heterocycles. The van der Waals surface area contributed by atoms with E-state index in [1.165, 1.54) is 0 Å². The molecule has 0 bridgehead atoms. The standard InChI is InChI=1S/C26H38N2O4S/c1-6-13-31-20(16-24-25(7-2)33-17-32-24)10-8-9-19-11-12-23(30-5)22(15-19)28-26(29)21(27)14-18(3)4/h7,11-12,15-16,18,21H,2,6,8-10,13-14,17,27H2,1,3-5H3,(H,28,29)/b20-16-. The van der Waals surface area contributed by atoms with Gasteiger partial charge in [-0.1, -0.05) is 51.3 Å². The highest BCUT2D eigenvalue weighted by atomic mass is 32.2. The van der Waals surface area contributed by atoms with Crippen molar-refractivity contribution >= 4 is 23.4 Å². The Kier molecular flexibility index (Phi) is 11.4. The number of benzene rings is 1. The number of amides is 1. The van der Waals surface area contributed by atoms with Crippen LogP contribution in [0.3, 0.4) is 0 Å². The molecule has 33 heavy (non-hydrogen) atoms. The SMILES string of the molecule is C=CC1=C(/C=C(/CCCc2ccc(OC)c(NC(=O)C(N)CC(C)C)c2)OCCC)OCS1. The van der Waals surface area contributed by atoms with Gasteiger partial charge in [0.05, 0.1) is 36.1 Å². The molecule has 1 aromatic rings. The number of ether oxygens (including phenoxy) is 3. The number of rotatable bonds is 14. The average molecular weight is 475 g/mol. The lowest BCUT2D eigenvalue weighted by Crippen LogP contribution is -2.36. The summed E-state index contributed by atoms with van der Waals surface area (Å²) in [6.07, 6.45) is 7.90. The molecule has 1 heterocycles. The molecule has 2 rings (SSSR count). The maximum absolute atomic E-state index is 12.5. The van der Waals surface area contributed by atoms with E-state index in [0.29, 0.717) is 36.3 Å². The fraction of sp³-hybridized carbons (Fsp3) is 0.500. The third-order valence-corrected chi connectivity index (χ3v) is 6.03. The summed E-state index contributed by atoms with van der Waals surface area (Å²) < 4.78 is 17.1. The first-order chi connectivity index (χ1) is 15.9. The number of allylic oxidation sites excluding steroid dienone is 3. The lowest BCUT2D eigenvalue weighted by molar-refractivity contribution is -0.117. The smallest absolute Gasteiger partial charge is 0.241 e. The van der Waals surface area contributed by atoms with Crippen molar-refractivity contribution in [1.29, 1.82) is 0 Å². The second kappa shape index (κ2) is 14.0. The van der Waals surface area contributed by atoms with E-state index in [9.17, 15) is 4.79 Å². The minimum Gasteiger partial charge on any atom is -0.498 e. The summed E-state index contributed by atoms with van der Waals surface area (Å²) in [6.45, 7) is 10.7. The highest BCUT2D eigenvalue weighted by Crippen LogP contribution is 2.32. The van der Waals surface area contributed by atoms with Gasteiger partial charge in [0.25, 0.3) is 0 Å². The predicted molar refractivity (Wildman–Crippen MR) is 137 cm³/mol. The van der Waals surface area contributed by atoms with Crippen molar-refractivity contribution in [3.8, 4) is 5.75 Å². The third kappa shape index (κ3) is 8.82. The molecule has 7 heteroatoms. The summed E-state index contributed by atoms with van der Waals surface area (Å²) >= 11 is 1.64. The number of carbonyl (C=O) groups excluding carboxylic acids is 1. The Hall–Kier alpha value is -2.38. The van der Waals surface area contributed by atoms with Gasteiger partial charge >= 0.3 is 0 Å². The van der Waals surface area contributed by atoms with Crippen LogP contribution in [-0.2, 0) is 20.7 Å². The normalized spacial score (nSPS) is 14.8. The zero-order valence-electron chi connectivity index (χ0n) is 20.3. The zero-order chi connectivity index (χ0) is 24.2. The Bertz CT molecular complexity index is 864. The summed E-state index contributed by atoms with van der Waals surface area (Å²) in [5, 5.41) is 2.93. The van der Waals surface area contributed by atoms with Crippen LogP contribution in [0.15, 0.2) is 53.4 Å². The zero-order valence-corrected chi connectivity index (χ0v) is 21.1. The van der Waals surface area contributed by atoms with Crippen LogP contribution < -0.4 is 15.8 Å². The van der Waals surface area contributed by atoms with Crippen LogP contribution in [0, 0.1) is 5.92 Å². The Morgan fingerprint density at radius 2 is 2.18 bits per heavy atom. The topological polar surface area (TPSA) is 82.8 Å². The van der Waals surface area contributed by atoms with Crippen molar-refractivity contribution in [2.24, 2.45) is 11.7 Å². The van der Waals surface area contributed by atoms with Crippen LogP contribution >= 0.6 is 11.8 Å². The molecule has 0 fully saturated rings. The average Bonchev–Trinajstić information content (AvgIpc) is 3.24. The maximum Gasteiger partial charge on any atom is 0.241 e. The van der Waals surface area contributed by atoms with E-state index in [-0.39, 0.29) is 5.91 Å². The van der Waals surface area contributed by atoms with Crippen LogP contribution in [-0.4, -0.2) is 31.6 Å². The third-order valence-electron chi connectivity index (χ3n) is 5.11. The summed E-state index contributed by atoms with van der Waals surface area (Å²) in [6, 6.07) is 5.32. The molecule has 1 aliphatic heterocycles. The summed E-state index contributed by atoms with van der Waals surface area (Å²) in [7, 11) is 1.59. The summed E-state index contributed by atoms with van der Waals surface area (Å²) in [4.78, 5) is 13.5. The molecule has 1 unspecified atom stereocenters. The van der Waals surface area contributed by atoms with Crippen molar-refractivity contribution in [2.45, 2.75) is 58.9 Å². The fourth-order valence-electron chi connectivity index (χ4n) is 3.45. The monoisotopic (exact) mass is 474 g/mol. The Morgan fingerprint density at radius 1 is 1.39 bits per heavy atom. The number of thioether (sulfide) groups is 1. The molecule has 6 nitrogen and oxygen atoms in total. The van der Waals surface area contributed by atoms with Crippen LogP contribution in [0.1, 0.15) is 52.0 Å². The molecule has 1 aliphatic rings. The van der Waals surface area contributed by atoms with Gasteiger partial charge in [-0.25, -0.2) is 0 Å². The Labute approximate surface area is 202 Å².